The second kappa shape index (κ2) is 6.62. The second-order valence-corrected chi connectivity index (χ2v) is 5.39. The van der Waals surface area contributed by atoms with Gasteiger partial charge in [0.1, 0.15) is 24.6 Å². The van der Waals surface area contributed by atoms with E-state index in [0.717, 1.165) is 0 Å². The Bertz CT molecular complexity index is 520. The Balaban J connectivity index is 2.15. The highest BCUT2D eigenvalue weighted by atomic mass is 35.5. The van der Waals surface area contributed by atoms with E-state index in [-0.39, 0.29) is 23.8 Å². The van der Waals surface area contributed by atoms with E-state index in [2.05, 4.69) is 0 Å². The smallest absolute Gasteiger partial charge is 0.302 e. The lowest BCUT2D eigenvalue weighted by atomic mass is 9.93. The van der Waals surface area contributed by atoms with Crippen LogP contribution in [-0.2, 0) is 14.3 Å². The van der Waals surface area contributed by atoms with E-state index in [4.69, 9.17) is 21.1 Å². The van der Waals surface area contributed by atoms with Gasteiger partial charge in [0.15, 0.2) is 0 Å². The molecule has 1 aromatic carbocycles. The Hall–Kier alpha value is -1.34. The van der Waals surface area contributed by atoms with Crippen molar-refractivity contribution in [2.45, 2.75) is 37.8 Å². The van der Waals surface area contributed by atoms with Crippen LogP contribution in [0.1, 0.15) is 25.0 Å². The number of aromatic hydroxyl groups is 1. The van der Waals surface area contributed by atoms with E-state index in [9.17, 15) is 20.1 Å². The Morgan fingerprint density at radius 2 is 2.19 bits per heavy atom. The first kappa shape index (κ1) is 16.0. The minimum Gasteiger partial charge on any atom is -0.506 e. The number of halogens is 1. The van der Waals surface area contributed by atoms with Crippen LogP contribution in [0.2, 0.25) is 5.02 Å². The summed E-state index contributed by atoms with van der Waals surface area (Å²) >= 11 is 5.74. The number of phenols is 1. The minimum atomic E-state index is -1.14. The van der Waals surface area contributed by atoms with E-state index in [1.807, 2.05) is 0 Å². The zero-order chi connectivity index (χ0) is 15.6. The van der Waals surface area contributed by atoms with Crippen LogP contribution in [0.3, 0.4) is 0 Å². The maximum atomic E-state index is 10.8. The molecule has 2 rings (SSSR count). The number of aliphatic hydroxyl groups excluding tert-OH is 2. The maximum Gasteiger partial charge on any atom is 0.302 e. The van der Waals surface area contributed by atoms with Crippen molar-refractivity contribution in [2.75, 3.05) is 6.61 Å². The molecule has 0 aromatic heterocycles. The quantitative estimate of drug-likeness (QED) is 0.724. The summed E-state index contributed by atoms with van der Waals surface area (Å²) in [4.78, 5) is 10.8. The molecule has 1 fully saturated rings. The van der Waals surface area contributed by atoms with Crippen LogP contribution in [0.4, 0.5) is 0 Å². The number of aliphatic hydroxyl groups is 2. The predicted octanol–water partition coefficient (Wildman–Crippen LogP) is 1.16. The van der Waals surface area contributed by atoms with Gasteiger partial charge in [-0.2, -0.15) is 0 Å². The van der Waals surface area contributed by atoms with Crippen molar-refractivity contribution >= 4 is 17.6 Å². The van der Waals surface area contributed by atoms with Gasteiger partial charge in [0.2, 0.25) is 0 Å². The van der Waals surface area contributed by atoms with Crippen LogP contribution < -0.4 is 0 Å². The summed E-state index contributed by atoms with van der Waals surface area (Å²) in [5, 5.41) is 29.8. The van der Waals surface area contributed by atoms with Crippen molar-refractivity contribution in [3.63, 3.8) is 0 Å². The molecule has 1 heterocycles. The van der Waals surface area contributed by atoms with Crippen LogP contribution in [0, 0.1) is 0 Å². The van der Waals surface area contributed by atoms with E-state index in [1.54, 1.807) is 6.07 Å². The molecule has 0 aliphatic carbocycles. The van der Waals surface area contributed by atoms with Crippen molar-refractivity contribution in [3.05, 3.63) is 28.8 Å². The fourth-order valence-electron chi connectivity index (χ4n) is 2.25. The van der Waals surface area contributed by atoms with Crippen molar-refractivity contribution in [1.29, 1.82) is 0 Å². The summed E-state index contributed by atoms with van der Waals surface area (Å²) in [5.41, 5.74) is 0.482. The van der Waals surface area contributed by atoms with Crippen LogP contribution in [0.25, 0.3) is 0 Å². The number of carbonyl (C=O) groups is 1. The lowest BCUT2D eigenvalue weighted by molar-refractivity contribution is -0.187. The van der Waals surface area contributed by atoms with Gasteiger partial charge in [-0.25, -0.2) is 0 Å². The van der Waals surface area contributed by atoms with Gasteiger partial charge >= 0.3 is 5.97 Å². The largest absolute Gasteiger partial charge is 0.506 e. The summed E-state index contributed by atoms with van der Waals surface area (Å²) in [7, 11) is 0. The normalized spacial score (nSPS) is 29.1. The molecule has 21 heavy (non-hydrogen) atoms. The topological polar surface area (TPSA) is 96.2 Å². The van der Waals surface area contributed by atoms with E-state index in [1.165, 1.54) is 19.1 Å². The molecule has 4 atom stereocenters. The first-order valence-corrected chi connectivity index (χ1v) is 6.89. The van der Waals surface area contributed by atoms with Gasteiger partial charge in [0.25, 0.3) is 0 Å². The second-order valence-electron chi connectivity index (χ2n) is 4.99. The van der Waals surface area contributed by atoms with Crippen LogP contribution in [0.15, 0.2) is 18.2 Å². The van der Waals surface area contributed by atoms with Crippen molar-refractivity contribution < 1.29 is 29.6 Å². The SMILES string of the molecule is CC(=O)OCC1CC(O)C(O)C(c2ccc(Cl)c(O)c2)O1. The highest BCUT2D eigenvalue weighted by molar-refractivity contribution is 6.32. The molecular weight excluding hydrogens is 300 g/mol. The molecule has 4 unspecified atom stereocenters. The average molecular weight is 317 g/mol. The molecule has 0 radical (unpaired) electrons. The summed E-state index contributed by atoms with van der Waals surface area (Å²) < 4.78 is 10.5. The van der Waals surface area contributed by atoms with E-state index >= 15 is 0 Å². The molecule has 0 amide bonds. The van der Waals surface area contributed by atoms with Gasteiger partial charge in [0.05, 0.1) is 17.2 Å². The zero-order valence-electron chi connectivity index (χ0n) is 11.4. The minimum absolute atomic E-state index is 0.00478. The average Bonchev–Trinajstić information content (AvgIpc) is 2.43. The van der Waals surface area contributed by atoms with Crippen LogP contribution in [0.5, 0.6) is 5.75 Å². The van der Waals surface area contributed by atoms with Gasteiger partial charge in [-0.1, -0.05) is 17.7 Å². The number of hydrogen-bond donors (Lipinski definition) is 3. The summed E-state index contributed by atoms with van der Waals surface area (Å²) in [6.07, 6.45) is -3.36. The number of benzene rings is 1. The molecule has 116 valence electrons. The summed E-state index contributed by atoms with van der Waals surface area (Å²) in [6.45, 7) is 1.28. The fraction of sp³-hybridized carbons (Fsp3) is 0.500. The van der Waals surface area contributed by atoms with E-state index in [0.29, 0.717) is 5.56 Å². The Labute approximate surface area is 126 Å². The van der Waals surface area contributed by atoms with Gasteiger partial charge in [0, 0.05) is 13.3 Å². The number of rotatable bonds is 3. The lowest BCUT2D eigenvalue weighted by Crippen LogP contribution is -2.45. The Kier molecular flexibility index (Phi) is 5.05. The standard InChI is InChI=1S/C14H17ClO6/c1-7(16)20-6-9-5-12(18)13(19)14(21-9)8-2-3-10(15)11(17)4-8/h2-4,9,12-14,17-19H,5-6H2,1H3. The monoisotopic (exact) mass is 316 g/mol. The molecule has 0 saturated carbocycles. The predicted molar refractivity (Wildman–Crippen MR) is 74.0 cm³/mol. The lowest BCUT2D eigenvalue weighted by Gasteiger charge is -2.37. The molecule has 7 heteroatoms. The number of esters is 1. The molecule has 1 aliphatic heterocycles. The number of carbonyl (C=O) groups excluding carboxylic acids is 1. The third-order valence-electron chi connectivity index (χ3n) is 3.32. The molecule has 1 aliphatic rings. The number of hydrogen-bond acceptors (Lipinski definition) is 6. The third-order valence-corrected chi connectivity index (χ3v) is 3.64. The Morgan fingerprint density at radius 3 is 2.81 bits per heavy atom. The number of ether oxygens (including phenoxy) is 2. The molecule has 3 N–H and O–H groups in total. The Morgan fingerprint density at radius 1 is 1.48 bits per heavy atom. The fourth-order valence-corrected chi connectivity index (χ4v) is 2.37. The highest BCUT2D eigenvalue weighted by Crippen LogP contribution is 2.35. The summed E-state index contributed by atoms with van der Waals surface area (Å²) in [6, 6.07) is 4.44. The number of phenolic OH excluding ortho intramolecular Hbond substituents is 1. The van der Waals surface area contributed by atoms with Crippen molar-refractivity contribution in [1.82, 2.24) is 0 Å². The third kappa shape index (κ3) is 3.85. The van der Waals surface area contributed by atoms with Crippen LogP contribution in [-0.4, -0.2) is 46.2 Å². The first-order valence-electron chi connectivity index (χ1n) is 6.52. The first-order chi connectivity index (χ1) is 9.88. The van der Waals surface area contributed by atoms with Gasteiger partial charge in [-0.05, 0) is 17.7 Å². The molecule has 6 nitrogen and oxygen atoms in total. The molecule has 0 spiro atoms. The maximum absolute atomic E-state index is 10.8. The zero-order valence-corrected chi connectivity index (χ0v) is 12.2. The highest BCUT2D eigenvalue weighted by Gasteiger charge is 2.38. The van der Waals surface area contributed by atoms with Crippen molar-refractivity contribution in [2.24, 2.45) is 0 Å². The molecule has 0 bridgehead atoms. The van der Waals surface area contributed by atoms with Gasteiger partial charge in [-0.15, -0.1) is 0 Å². The van der Waals surface area contributed by atoms with Crippen LogP contribution >= 0.6 is 11.6 Å². The molecule has 1 aromatic rings. The summed E-state index contributed by atoms with van der Waals surface area (Å²) in [5.74, 6) is -0.582. The van der Waals surface area contributed by atoms with Gasteiger partial charge < -0.3 is 24.8 Å². The molecular formula is C14H17ClO6. The van der Waals surface area contributed by atoms with Crippen molar-refractivity contribution in [3.8, 4) is 5.75 Å². The van der Waals surface area contributed by atoms with Gasteiger partial charge in [-0.3, -0.25) is 4.79 Å². The van der Waals surface area contributed by atoms with E-state index < -0.39 is 30.4 Å². The molecule has 1 saturated heterocycles.